The molecule has 0 aliphatic carbocycles. The third-order valence-corrected chi connectivity index (χ3v) is 7.66. The normalized spacial score (nSPS) is 14.6. The number of thioether (sulfide) groups is 1. The van der Waals surface area contributed by atoms with E-state index in [0.717, 1.165) is 55.6 Å². The number of anilines is 1. The highest BCUT2D eigenvalue weighted by Crippen LogP contribution is 2.34. The van der Waals surface area contributed by atoms with E-state index in [1.165, 1.54) is 4.90 Å². The van der Waals surface area contributed by atoms with Crippen molar-refractivity contribution in [1.82, 2.24) is 9.97 Å². The van der Waals surface area contributed by atoms with Crippen LogP contribution in [0.15, 0.2) is 64.6 Å². The van der Waals surface area contributed by atoms with Crippen LogP contribution in [0.5, 0.6) is 0 Å². The summed E-state index contributed by atoms with van der Waals surface area (Å²) < 4.78 is 1.14. The molecule has 0 spiro atoms. The van der Waals surface area contributed by atoms with E-state index in [9.17, 15) is 4.79 Å². The van der Waals surface area contributed by atoms with E-state index in [1.807, 2.05) is 42.1 Å². The van der Waals surface area contributed by atoms with Crippen LogP contribution in [0.4, 0.5) is 5.13 Å². The van der Waals surface area contributed by atoms with E-state index in [-0.39, 0.29) is 11.7 Å². The topological polar surface area (TPSA) is 67.2 Å². The summed E-state index contributed by atoms with van der Waals surface area (Å²) in [6, 6.07) is 18.5. The van der Waals surface area contributed by atoms with E-state index in [4.69, 9.17) is 10.1 Å². The largest absolute Gasteiger partial charge is 0.293 e. The summed E-state index contributed by atoms with van der Waals surface area (Å²) in [7, 11) is 0. The van der Waals surface area contributed by atoms with Crippen LogP contribution in [0.2, 0.25) is 0 Å². The lowest BCUT2D eigenvalue weighted by molar-refractivity contribution is 0.101. The Kier molecular flexibility index (Phi) is 6.00. The molecule has 2 aromatic carbocycles. The number of Topliss-reactive ketones (excluding diaryl/α,β-unsaturated/α-hetero) is 1. The van der Waals surface area contributed by atoms with E-state index in [1.54, 1.807) is 18.3 Å². The van der Waals surface area contributed by atoms with Gasteiger partial charge in [-0.2, -0.15) is 5.10 Å². The van der Waals surface area contributed by atoms with Gasteiger partial charge in [0.1, 0.15) is 5.69 Å². The minimum absolute atomic E-state index is 0.00338. The van der Waals surface area contributed by atoms with Gasteiger partial charge in [-0.25, -0.2) is 9.97 Å². The first-order valence-electron chi connectivity index (χ1n) is 11.0. The summed E-state index contributed by atoms with van der Waals surface area (Å²) in [5.74, 6) is 1.23. The van der Waals surface area contributed by atoms with Gasteiger partial charge in [-0.05, 0) is 41.8 Å². The van der Waals surface area contributed by atoms with Gasteiger partial charge in [0, 0.05) is 35.1 Å². The van der Waals surface area contributed by atoms with Gasteiger partial charge in [-0.15, -0.1) is 11.8 Å². The van der Waals surface area contributed by atoms with Gasteiger partial charge in [0.15, 0.2) is 5.78 Å². The zero-order chi connectivity index (χ0) is 22.9. The van der Waals surface area contributed by atoms with Gasteiger partial charge >= 0.3 is 0 Å². The molecule has 0 saturated carbocycles. The number of fused-ring (bicyclic) bond motifs is 2. The summed E-state index contributed by atoms with van der Waals surface area (Å²) in [5, 5.41) is 5.52. The molecule has 1 N–H and O–H groups in total. The van der Waals surface area contributed by atoms with Crippen molar-refractivity contribution in [3.05, 3.63) is 71.4 Å². The maximum Gasteiger partial charge on any atom is 0.204 e. The molecular weight excluding hydrogens is 448 g/mol. The Labute approximate surface area is 201 Å². The number of benzene rings is 2. The lowest BCUT2D eigenvalue weighted by atomic mass is 9.97. The molecule has 166 valence electrons. The predicted octanol–water partition coefficient (Wildman–Crippen LogP) is 7.00. The second kappa shape index (κ2) is 9.08. The fourth-order valence-corrected chi connectivity index (χ4v) is 5.78. The molecule has 2 aromatic heterocycles. The van der Waals surface area contributed by atoms with Crippen LogP contribution in [0.3, 0.4) is 0 Å². The van der Waals surface area contributed by atoms with Gasteiger partial charge < -0.3 is 0 Å². The molecule has 0 unspecified atom stereocenters. The first-order chi connectivity index (χ1) is 16.0. The Balaban J connectivity index is 1.49. The number of thiazole rings is 1. The van der Waals surface area contributed by atoms with Crippen LogP contribution in [-0.4, -0.2) is 27.2 Å². The number of ketones is 1. The molecule has 0 saturated heterocycles. The van der Waals surface area contributed by atoms with Gasteiger partial charge in [0.05, 0.1) is 21.6 Å². The second-order valence-electron chi connectivity index (χ2n) is 8.31. The fourth-order valence-electron chi connectivity index (χ4n) is 3.96. The minimum atomic E-state index is -0.00338. The molecule has 5 rings (SSSR count). The molecule has 4 aromatic rings. The average Bonchev–Trinajstić information content (AvgIpc) is 3.25. The Hall–Kier alpha value is -3.03. The van der Waals surface area contributed by atoms with Crippen molar-refractivity contribution >= 4 is 49.9 Å². The Morgan fingerprint density at radius 2 is 1.94 bits per heavy atom. The van der Waals surface area contributed by atoms with Gasteiger partial charge in [-0.3, -0.25) is 10.2 Å². The molecule has 0 bridgehead atoms. The number of carbonyl (C=O) groups is 1. The van der Waals surface area contributed by atoms with E-state index in [0.29, 0.717) is 5.69 Å². The van der Waals surface area contributed by atoms with E-state index < -0.39 is 0 Å². The average molecular weight is 473 g/mol. The van der Waals surface area contributed by atoms with Crippen LogP contribution in [0.1, 0.15) is 54.7 Å². The van der Waals surface area contributed by atoms with Crippen LogP contribution in [0, 0.1) is 0 Å². The Morgan fingerprint density at radius 3 is 2.73 bits per heavy atom. The first-order valence-corrected chi connectivity index (χ1v) is 12.8. The highest BCUT2D eigenvalue weighted by atomic mass is 32.2. The number of pyridine rings is 1. The maximum atomic E-state index is 12.2. The minimum Gasteiger partial charge on any atom is -0.293 e. The zero-order valence-corrected chi connectivity index (χ0v) is 20.4. The fraction of sp³-hybridized carbons (Fsp3) is 0.231. The molecule has 1 aliphatic heterocycles. The third kappa shape index (κ3) is 4.43. The SMILES string of the molecule is CC(=O)c1nc(-c2ccc3c(c2)/C(=N/Nc2nc4ccccc4s2)CCS3)ccc1C(C)C. The molecule has 3 heterocycles. The smallest absolute Gasteiger partial charge is 0.204 e. The predicted molar refractivity (Wildman–Crippen MR) is 139 cm³/mol. The number of para-hydroxylation sites is 1. The maximum absolute atomic E-state index is 12.2. The molecule has 0 amide bonds. The first kappa shape index (κ1) is 21.8. The number of carbonyl (C=O) groups excluding carboxylic acids is 1. The van der Waals surface area contributed by atoms with Crippen molar-refractivity contribution in [2.24, 2.45) is 5.10 Å². The molecule has 0 atom stereocenters. The van der Waals surface area contributed by atoms with E-state index in [2.05, 4.69) is 48.5 Å². The zero-order valence-electron chi connectivity index (χ0n) is 18.8. The highest BCUT2D eigenvalue weighted by molar-refractivity contribution is 7.99. The van der Waals surface area contributed by atoms with Crippen LogP contribution >= 0.6 is 23.1 Å². The second-order valence-corrected chi connectivity index (χ2v) is 10.5. The summed E-state index contributed by atoms with van der Waals surface area (Å²) in [6.45, 7) is 5.75. The van der Waals surface area contributed by atoms with Crippen molar-refractivity contribution < 1.29 is 4.79 Å². The van der Waals surface area contributed by atoms with Crippen molar-refractivity contribution in [3.63, 3.8) is 0 Å². The number of hydrazone groups is 1. The van der Waals surface area contributed by atoms with Crippen LogP contribution < -0.4 is 5.43 Å². The lowest BCUT2D eigenvalue weighted by Crippen LogP contribution is -2.12. The molecule has 1 aliphatic rings. The summed E-state index contributed by atoms with van der Waals surface area (Å²) in [4.78, 5) is 22.8. The van der Waals surface area contributed by atoms with Crippen LogP contribution in [0.25, 0.3) is 21.5 Å². The number of nitrogens with one attached hydrogen (secondary N) is 1. The summed E-state index contributed by atoms with van der Waals surface area (Å²) in [5.41, 5.74) is 9.61. The number of hydrogen-bond donors (Lipinski definition) is 1. The van der Waals surface area contributed by atoms with Gasteiger partial charge in [-0.1, -0.05) is 49.4 Å². The molecule has 0 fully saturated rings. The van der Waals surface area contributed by atoms with Crippen molar-refractivity contribution in [3.8, 4) is 11.3 Å². The number of nitrogens with zero attached hydrogens (tertiary/aromatic N) is 3. The highest BCUT2D eigenvalue weighted by Gasteiger charge is 2.19. The number of hydrogen-bond acceptors (Lipinski definition) is 7. The summed E-state index contributed by atoms with van der Waals surface area (Å²) in [6.07, 6.45) is 0.872. The van der Waals surface area contributed by atoms with Gasteiger partial charge in [0.25, 0.3) is 0 Å². The van der Waals surface area contributed by atoms with Gasteiger partial charge in [0.2, 0.25) is 5.13 Å². The number of rotatable bonds is 5. The Morgan fingerprint density at radius 1 is 1.09 bits per heavy atom. The summed E-state index contributed by atoms with van der Waals surface area (Å²) >= 11 is 3.44. The Bertz CT molecular complexity index is 1360. The molecule has 5 nitrogen and oxygen atoms in total. The van der Waals surface area contributed by atoms with Crippen molar-refractivity contribution in [1.29, 1.82) is 0 Å². The van der Waals surface area contributed by atoms with Crippen LogP contribution in [-0.2, 0) is 0 Å². The molecule has 7 heteroatoms. The molecular formula is C26H24N4OS2. The monoisotopic (exact) mass is 472 g/mol. The van der Waals surface area contributed by atoms with Crippen molar-refractivity contribution in [2.45, 2.75) is 38.0 Å². The molecule has 33 heavy (non-hydrogen) atoms. The van der Waals surface area contributed by atoms with E-state index >= 15 is 0 Å². The standard InChI is InChI=1S/C26H24N4OS2/c1-15(2)18-9-10-20(27-25(18)16(3)31)17-8-11-23-19(14-17)21(12-13-32-23)29-30-26-28-22-6-4-5-7-24(22)33-26/h4-11,14-15H,12-13H2,1-3H3,(H,28,30)/b29-21+. The third-order valence-electron chi connectivity index (χ3n) is 5.64. The van der Waals surface area contributed by atoms with Crippen molar-refractivity contribution in [2.75, 3.05) is 11.2 Å². The lowest BCUT2D eigenvalue weighted by Gasteiger charge is -2.19. The number of aromatic nitrogens is 2. The molecule has 0 radical (unpaired) electrons. The quantitative estimate of drug-likeness (QED) is 0.250.